The molecule has 0 aliphatic rings. The van der Waals surface area contributed by atoms with Gasteiger partial charge in [-0.2, -0.15) is 0 Å². The first-order valence-electron chi connectivity index (χ1n) is 25.6. The fraction of sp³-hybridized carbons (Fsp3) is 0.396. The number of carboxylic acids is 2. The SMILES string of the molecule is CC(C)[C@H](NC(=O)[C@H](Cc1c[nH]c2ccccc12)NC(=O)[C@H](CCCN=C(N)N)NC(=O)[C@H](CCC(=O)O)NC(=O)[C@H](Cc1ccc(O)cc1)NC(=O)[C@H](Cc1c[nH]c2ccccc12)NC(=O)[C@@H](N)CCCN=C(N)N)C(=O)O. The number of rotatable bonds is 31. The maximum atomic E-state index is 14.6. The van der Waals surface area contributed by atoms with E-state index in [1.165, 1.54) is 24.3 Å². The number of carbonyl (C=O) groups is 8. The highest BCUT2D eigenvalue weighted by Crippen LogP contribution is 2.22. The summed E-state index contributed by atoms with van der Waals surface area (Å²) in [5.41, 5.74) is 31.3. The number of aromatic nitrogens is 2. The van der Waals surface area contributed by atoms with E-state index in [1.54, 1.807) is 56.6 Å². The van der Waals surface area contributed by atoms with Gasteiger partial charge >= 0.3 is 11.9 Å². The highest BCUT2D eigenvalue weighted by molar-refractivity contribution is 5.98. The van der Waals surface area contributed by atoms with E-state index in [0.29, 0.717) is 23.1 Å². The number of para-hydroxylation sites is 2. The number of guanidine groups is 2. The van der Waals surface area contributed by atoms with Gasteiger partial charge in [-0.15, -0.1) is 0 Å². The molecule has 0 saturated carbocycles. The molecule has 0 bridgehead atoms. The Kier molecular flexibility index (Phi) is 22.5. The summed E-state index contributed by atoms with van der Waals surface area (Å²) < 4.78 is 0. The van der Waals surface area contributed by atoms with Crippen molar-refractivity contribution >= 4 is 81.1 Å². The van der Waals surface area contributed by atoms with Crippen molar-refractivity contribution in [1.29, 1.82) is 0 Å². The van der Waals surface area contributed by atoms with Crippen molar-refractivity contribution in [1.82, 2.24) is 41.9 Å². The van der Waals surface area contributed by atoms with Gasteiger partial charge in [0, 0.05) is 73.0 Å². The van der Waals surface area contributed by atoms with Crippen LogP contribution in [0.15, 0.2) is 95.2 Å². The van der Waals surface area contributed by atoms with Crippen molar-refractivity contribution < 1.29 is 53.7 Å². The zero-order chi connectivity index (χ0) is 57.8. The highest BCUT2D eigenvalue weighted by Gasteiger charge is 2.35. The van der Waals surface area contributed by atoms with Gasteiger partial charge in [0.2, 0.25) is 35.4 Å². The van der Waals surface area contributed by atoms with Crippen LogP contribution < -0.4 is 60.6 Å². The number of fused-ring (bicyclic) bond motifs is 2. The van der Waals surface area contributed by atoms with Gasteiger partial charge in [0.1, 0.15) is 42.0 Å². The largest absolute Gasteiger partial charge is 0.508 e. The Morgan fingerprint density at radius 2 is 0.949 bits per heavy atom. The van der Waals surface area contributed by atoms with Crippen molar-refractivity contribution in [2.24, 2.45) is 44.6 Å². The topological polar surface area (TPSA) is 456 Å². The molecule has 2 aromatic heterocycles. The summed E-state index contributed by atoms with van der Waals surface area (Å²) in [5, 5.41) is 47.0. The van der Waals surface area contributed by atoms with Crippen molar-refractivity contribution in [3.8, 4) is 5.75 Å². The standard InChI is InChI=1S/C53H71N15O11/c1-28(2)44(51(78)79)68-50(77)42(25-31-27-62-37-13-6-4-10-34(31)37)67-46(73)38(14-8-22-60-53(57)58)63-47(74)39(19-20-43(70)71)64-48(75)40(23-29-15-17-32(69)18-16-29)66-49(76)41(24-30-26-61-36-12-5-3-9-33(30)36)65-45(72)35(54)11-7-21-59-52(55)56/h3-6,9-10,12-13,15-18,26-28,35,38-42,44,61-62,69H,7-8,11,14,19-25,54H2,1-2H3,(H,63,74)(H,64,75)(H,65,72)(H,66,76)(H,67,73)(H,68,77)(H,70,71)(H,78,79)(H4,55,56,59)(H4,57,58,60)/t35-,38-,39-,40-,41-,42-,44-/m0/s1. The number of aliphatic imine (C=N–C) groups is 2. The molecule has 0 saturated heterocycles. The predicted molar refractivity (Wildman–Crippen MR) is 295 cm³/mol. The number of carboxylic acid groups (broad SMARTS) is 2. The highest BCUT2D eigenvalue weighted by atomic mass is 16.4. The molecule has 7 atom stereocenters. The van der Waals surface area contributed by atoms with Crippen LogP contribution in [0, 0.1) is 5.92 Å². The lowest BCUT2D eigenvalue weighted by atomic mass is 10.00. The van der Waals surface area contributed by atoms with E-state index in [4.69, 9.17) is 28.7 Å². The minimum atomic E-state index is -1.68. The second-order valence-electron chi connectivity index (χ2n) is 19.3. The number of hydrogen-bond acceptors (Lipinski definition) is 12. The van der Waals surface area contributed by atoms with Gasteiger partial charge < -0.3 is 85.9 Å². The van der Waals surface area contributed by atoms with Gasteiger partial charge in [0.15, 0.2) is 11.9 Å². The van der Waals surface area contributed by atoms with Gasteiger partial charge in [-0.25, -0.2) is 4.79 Å². The first kappa shape index (κ1) is 60.7. The van der Waals surface area contributed by atoms with Gasteiger partial charge in [-0.3, -0.25) is 43.5 Å². The molecule has 21 N–H and O–H groups in total. The molecule has 5 rings (SSSR count). The van der Waals surface area contributed by atoms with Crippen LogP contribution in [0.2, 0.25) is 0 Å². The van der Waals surface area contributed by atoms with Crippen molar-refractivity contribution in [2.75, 3.05) is 13.1 Å². The lowest BCUT2D eigenvalue weighted by molar-refractivity contribution is -0.143. The molecular formula is C53H71N15O11. The lowest BCUT2D eigenvalue weighted by Gasteiger charge is -2.28. The number of hydrogen-bond donors (Lipinski definition) is 16. The molecule has 3 aromatic carbocycles. The molecule has 0 unspecified atom stereocenters. The first-order chi connectivity index (χ1) is 37.6. The van der Waals surface area contributed by atoms with Gasteiger partial charge in [-0.05, 0) is 79.0 Å². The Labute approximate surface area is 454 Å². The fourth-order valence-corrected chi connectivity index (χ4v) is 8.63. The van der Waals surface area contributed by atoms with Crippen LogP contribution >= 0.6 is 0 Å². The maximum absolute atomic E-state index is 14.6. The summed E-state index contributed by atoms with van der Waals surface area (Å²) in [6.07, 6.45) is 2.05. The van der Waals surface area contributed by atoms with Gasteiger partial charge in [0.25, 0.3) is 0 Å². The van der Waals surface area contributed by atoms with E-state index in [-0.39, 0.29) is 69.3 Å². The second-order valence-corrected chi connectivity index (χ2v) is 19.3. The number of aromatic amines is 2. The molecule has 0 aliphatic heterocycles. The zero-order valence-electron chi connectivity index (χ0n) is 43.9. The van der Waals surface area contributed by atoms with E-state index in [1.807, 2.05) is 18.2 Å². The van der Waals surface area contributed by atoms with Crippen LogP contribution in [0.5, 0.6) is 5.75 Å². The molecule has 79 heavy (non-hydrogen) atoms. The van der Waals surface area contributed by atoms with E-state index in [9.17, 15) is 53.7 Å². The summed E-state index contributed by atoms with van der Waals surface area (Å²) in [6.45, 7) is 3.37. The third kappa shape index (κ3) is 18.8. The quantitative estimate of drug-likeness (QED) is 0.0149. The minimum Gasteiger partial charge on any atom is -0.508 e. The Morgan fingerprint density at radius 3 is 1.42 bits per heavy atom. The predicted octanol–water partition coefficient (Wildman–Crippen LogP) is -0.669. The Hall–Kier alpha value is -9.20. The summed E-state index contributed by atoms with van der Waals surface area (Å²) in [5.74, 6) is -9.02. The number of amides is 6. The summed E-state index contributed by atoms with van der Waals surface area (Å²) in [4.78, 5) is 124. The Bertz CT molecular complexity index is 2980. The summed E-state index contributed by atoms with van der Waals surface area (Å²) >= 11 is 0. The number of aliphatic carboxylic acids is 2. The number of carbonyl (C=O) groups excluding carboxylic acids is 6. The van der Waals surface area contributed by atoms with Crippen molar-refractivity contribution in [2.45, 2.75) is 114 Å². The van der Waals surface area contributed by atoms with Crippen LogP contribution in [0.25, 0.3) is 21.8 Å². The molecule has 0 aliphatic carbocycles. The number of H-pyrrole nitrogens is 2. The van der Waals surface area contributed by atoms with Crippen LogP contribution in [0.3, 0.4) is 0 Å². The molecular weight excluding hydrogens is 1020 g/mol. The maximum Gasteiger partial charge on any atom is 0.326 e. The molecule has 26 heteroatoms. The third-order valence-corrected chi connectivity index (χ3v) is 12.9. The van der Waals surface area contributed by atoms with Gasteiger partial charge in [0.05, 0.1) is 6.04 Å². The number of phenolic OH excluding ortho intramolecular Hbond substituents is 1. The van der Waals surface area contributed by atoms with Crippen LogP contribution in [-0.4, -0.2) is 140 Å². The lowest BCUT2D eigenvalue weighted by Crippen LogP contribution is -2.60. The molecule has 5 aromatic rings. The van der Waals surface area contributed by atoms with E-state index < -0.39 is 108 Å². The Balaban J connectivity index is 1.45. The molecule has 26 nitrogen and oxygen atoms in total. The second kappa shape index (κ2) is 29.4. The summed E-state index contributed by atoms with van der Waals surface area (Å²) in [7, 11) is 0. The van der Waals surface area contributed by atoms with Crippen LogP contribution in [0.4, 0.5) is 0 Å². The average Bonchev–Trinajstić information content (AvgIpc) is 4.08. The van der Waals surface area contributed by atoms with E-state index in [2.05, 4.69) is 51.9 Å². The number of nitrogens with one attached hydrogen (secondary N) is 8. The normalized spacial score (nSPS) is 13.8. The number of aromatic hydroxyl groups is 1. The van der Waals surface area contributed by atoms with Crippen molar-refractivity contribution in [3.05, 3.63) is 102 Å². The van der Waals surface area contributed by atoms with Crippen LogP contribution in [0.1, 0.15) is 69.1 Å². The molecule has 2 heterocycles. The number of phenols is 1. The third-order valence-electron chi connectivity index (χ3n) is 12.9. The monoisotopic (exact) mass is 1090 g/mol. The molecule has 424 valence electrons. The molecule has 6 amide bonds. The molecule has 0 radical (unpaired) electrons. The minimum absolute atomic E-state index is 0.0130. The average molecular weight is 1090 g/mol. The summed E-state index contributed by atoms with van der Waals surface area (Å²) in [6, 6.07) is 10.2. The smallest absolute Gasteiger partial charge is 0.326 e. The van der Waals surface area contributed by atoms with Crippen LogP contribution in [-0.2, 0) is 57.6 Å². The zero-order valence-corrected chi connectivity index (χ0v) is 43.9. The van der Waals surface area contributed by atoms with Gasteiger partial charge in [-0.1, -0.05) is 62.4 Å². The van der Waals surface area contributed by atoms with Crippen molar-refractivity contribution in [3.63, 3.8) is 0 Å². The van der Waals surface area contributed by atoms with E-state index >= 15 is 0 Å². The molecule has 0 fully saturated rings. The molecule has 0 spiro atoms. The number of nitrogens with two attached hydrogens (primary N) is 5. The fourth-order valence-electron chi connectivity index (χ4n) is 8.63. The Morgan fingerprint density at radius 1 is 0.532 bits per heavy atom. The number of benzene rings is 3. The van der Waals surface area contributed by atoms with E-state index in [0.717, 1.165) is 21.8 Å². The number of nitrogens with zero attached hydrogens (tertiary/aromatic N) is 2. The first-order valence-corrected chi connectivity index (χ1v) is 25.6.